The van der Waals surface area contributed by atoms with Gasteiger partial charge in [0.05, 0.1) is 6.54 Å². The largest absolute Gasteiger partial charge is 0.352 e. The molecule has 0 aliphatic rings. The molecular formula is C13H13N5. The Kier molecular flexibility index (Phi) is 2.64. The van der Waals surface area contributed by atoms with Gasteiger partial charge in [-0.1, -0.05) is 12.1 Å². The van der Waals surface area contributed by atoms with Crippen LogP contribution in [0.1, 0.15) is 5.82 Å². The minimum Gasteiger partial charge on any atom is -0.352 e. The zero-order valence-corrected chi connectivity index (χ0v) is 10.1. The number of fused-ring (bicyclic) bond motifs is 1. The molecule has 0 fully saturated rings. The van der Waals surface area contributed by atoms with Crippen molar-refractivity contribution >= 4 is 11.5 Å². The lowest BCUT2D eigenvalue weighted by Crippen LogP contribution is -2.19. The summed E-state index contributed by atoms with van der Waals surface area (Å²) in [6.07, 6.45) is 3.75. The Morgan fingerprint density at radius 2 is 2.00 bits per heavy atom. The van der Waals surface area contributed by atoms with Crippen molar-refractivity contribution in [2.24, 2.45) is 0 Å². The average Bonchev–Trinajstić information content (AvgIpc) is 2.83. The molecule has 0 aromatic carbocycles. The second-order valence-corrected chi connectivity index (χ2v) is 4.09. The van der Waals surface area contributed by atoms with E-state index in [4.69, 9.17) is 0 Å². The molecule has 0 N–H and O–H groups in total. The van der Waals surface area contributed by atoms with Crippen molar-refractivity contribution in [3.05, 3.63) is 54.6 Å². The van der Waals surface area contributed by atoms with E-state index >= 15 is 0 Å². The van der Waals surface area contributed by atoms with Crippen molar-refractivity contribution in [2.75, 3.05) is 11.9 Å². The van der Waals surface area contributed by atoms with Gasteiger partial charge < -0.3 is 4.90 Å². The Balaban J connectivity index is 1.89. The van der Waals surface area contributed by atoms with Gasteiger partial charge in [0.2, 0.25) is 0 Å². The molecule has 0 spiro atoms. The number of anilines is 1. The van der Waals surface area contributed by atoms with E-state index in [1.165, 1.54) is 0 Å². The molecule has 90 valence electrons. The van der Waals surface area contributed by atoms with E-state index in [2.05, 4.69) is 15.2 Å². The molecule has 3 rings (SSSR count). The summed E-state index contributed by atoms with van der Waals surface area (Å²) >= 11 is 0. The molecule has 3 heterocycles. The molecule has 0 saturated carbocycles. The molecule has 3 aromatic heterocycles. The van der Waals surface area contributed by atoms with Gasteiger partial charge in [-0.25, -0.2) is 4.98 Å². The van der Waals surface area contributed by atoms with Crippen LogP contribution >= 0.6 is 0 Å². The van der Waals surface area contributed by atoms with Crippen molar-refractivity contribution in [1.29, 1.82) is 0 Å². The summed E-state index contributed by atoms with van der Waals surface area (Å²) in [5.41, 5.74) is 0.863. The molecule has 0 radical (unpaired) electrons. The zero-order valence-electron chi connectivity index (χ0n) is 10.1. The minimum atomic E-state index is 0.669. The molecule has 0 aliphatic carbocycles. The van der Waals surface area contributed by atoms with Gasteiger partial charge in [-0.2, -0.15) is 0 Å². The van der Waals surface area contributed by atoms with E-state index in [0.717, 1.165) is 17.3 Å². The lowest BCUT2D eigenvalue weighted by Gasteiger charge is -2.16. The lowest BCUT2D eigenvalue weighted by atomic mass is 10.4. The Morgan fingerprint density at radius 1 is 1.11 bits per heavy atom. The third-order valence-electron chi connectivity index (χ3n) is 2.80. The Bertz CT molecular complexity index is 647. The molecule has 5 heteroatoms. The van der Waals surface area contributed by atoms with Gasteiger partial charge in [0.25, 0.3) is 0 Å². The monoisotopic (exact) mass is 239 g/mol. The molecule has 0 bridgehead atoms. The van der Waals surface area contributed by atoms with Crippen molar-refractivity contribution < 1.29 is 0 Å². The van der Waals surface area contributed by atoms with Gasteiger partial charge in [0.1, 0.15) is 5.82 Å². The maximum Gasteiger partial charge on any atom is 0.160 e. The fraction of sp³-hybridized carbons (Fsp3) is 0.154. The van der Waals surface area contributed by atoms with Gasteiger partial charge >= 0.3 is 0 Å². The van der Waals surface area contributed by atoms with Crippen LogP contribution in [0.25, 0.3) is 5.65 Å². The molecular weight excluding hydrogens is 226 g/mol. The predicted molar refractivity (Wildman–Crippen MR) is 69.3 cm³/mol. The molecule has 3 aromatic rings. The highest BCUT2D eigenvalue weighted by Crippen LogP contribution is 2.11. The van der Waals surface area contributed by atoms with Crippen LogP contribution in [0, 0.1) is 0 Å². The van der Waals surface area contributed by atoms with Crippen LogP contribution in [0.5, 0.6) is 0 Å². The lowest BCUT2D eigenvalue weighted by molar-refractivity contribution is 0.810. The zero-order chi connectivity index (χ0) is 12.4. The number of aromatic nitrogens is 4. The Labute approximate surface area is 105 Å². The summed E-state index contributed by atoms with van der Waals surface area (Å²) in [7, 11) is 1.99. The summed E-state index contributed by atoms with van der Waals surface area (Å²) < 4.78 is 1.99. The van der Waals surface area contributed by atoms with E-state index in [-0.39, 0.29) is 0 Å². The van der Waals surface area contributed by atoms with Crippen LogP contribution in [0.3, 0.4) is 0 Å². The fourth-order valence-electron chi connectivity index (χ4n) is 1.87. The number of rotatable bonds is 3. The van der Waals surface area contributed by atoms with Crippen molar-refractivity contribution in [2.45, 2.75) is 6.54 Å². The Hall–Kier alpha value is -2.43. The first kappa shape index (κ1) is 10.7. The molecule has 0 unspecified atom stereocenters. The van der Waals surface area contributed by atoms with Gasteiger partial charge in [0, 0.05) is 19.4 Å². The summed E-state index contributed by atoms with van der Waals surface area (Å²) in [4.78, 5) is 6.35. The number of hydrogen-bond donors (Lipinski definition) is 0. The third kappa shape index (κ3) is 1.90. The molecule has 5 nitrogen and oxygen atoms in total. The first-order chi connectivity index (χ1) is 8.84. The highest BCUT2D eigenvalue weighted by atomic mass is 15.3. The maximum absolute atomic E-state index is 4.31. The summed E-state index contributed by atoms with van der Waals surface area (Å²) in [6, 6.07) is 11.7. The van der Waals surface area contributed by atoms with Crippen molar-refractivity contribution in [3.63, 3.8) is 0 Å². The first-order valence-electron chi connectivity index (χ1n) is 5.75. The van der Waals surface area contributed by atoms with Crippen LogP contribution in [0.2, 0.25) is 0 Å². The van der Waals surface area contributed by atoms with Crippen LogP contribution in [0.15, 0.2) is 48.8 Å². The van der Waals surface area contributed by atoms with E-state index in [9.17, 15) is 0 Å². The van der Waals surface area contributed by atoms with Gasteiger partial charge in [-0.15, -0.1) is 10.2 Å². The van der Waals surface area contributed by atoms with Gasteiger partial charge in [-0.3, -0.25) is 4.40 Å². The molecule has 0 aliphatic heterocycles. The quantitative estimate of drug-likeness (QED) is 0.698. The fourth-order valence-corrected chi connectivity index (χ4v) is 1.87. The normalized spacial score (nSPS) is 10.7. The van der Waals surface area contributed by atoms with E-state index in [1.54, 1.807) is 6.20 Å². The van der Waals surface area contributed by atoms with E-state index < -0.39 is 0 Å². The third-order valence-corrected chi connectivity index (χ3v) is 2.80. The summed E-state index contributed by atoms with van der Waals surface area (Å²) in [5.74, 6) is 1.82. The predicted octanol–water partition coefficient (Wildman–Crippen LogP) is 1.76. The molecule has 18 heavy (non-hydrogen) atoms. The van der Waals surface area contributed by atoms with Crippen LogP contribution in [-0.2, 0) is 6.54 Å². The van der Waals surface area contributed by atoms with Crippen molar-refractivity contribution in [3.8, 4) is 0 Å². The average molecular weight is 239 g/mol. The highest BCUT2D eigenvalue weighted by molar-refractivity contribution is 5.40. The van der Waals surface area contributed by atoms with Crippen LogP contribution in [0.4, 0.5) is 5.82 Å². The number of pyridine rings is 2. The van der Waals surface area contributed by atoms with Crippen molar-refractivity contribution in [1.82, 2.24) is 19.6 Å². The topological polar surface area (TPSA) is 46.3 Å². The van der Waals surface area contributed by atoms with Crippen LogP contribution in [-0.4, -0.2) is 26.6 Å². The minimum absolute atomic E-state index is 0.669. The number of hydrogen-bond acceptors (Lipinski definition) is 4. The Morgan fingerprint density at radius 3 is 2.83 bits per heavy atom. The van der Waals surface area contributed by atoms with Gasteiger partial charge in [0.15, 0.2) is 11.5 Å². The molecule has 0 saturated heterocycles. The van der Waals surface area contributed by atoms with E-state index in [0.29, 0.717) is 6.54 Å². The van der Waals surface area contributed by atoms with Crippen LogP contribution < -0.4 is 4.90 Å². The number of nitrogens with zero attached hydrogens (tertiary/aromatic N) is 5. The molecule has 0 amide bonds. The summed E-state index contributed by atoms with van der Waals surface area (Å²) in [5, 5.41) is 8.34. The standard InChI is InChI=1S/C13H13N5/c1-17(11-6-2-4-8-14-11)10-13-16-15-12-7-3-5-9-18(12)13/h2-9H,10H2,1H3. The maximum atomic E-state index is 4.31. The van der Waals surface area contributed by atoms with E-state index in [1.807, 2.05) is 58.9 Å². The second kappa shape index (κ2) is 4.44. The highest BCUT2D eigenvalue weighted by Gasteiger charge is 2.08. The molecule has 0 atom stereocenters. The SMILES string of the molecule is CN(Cc1nnc2ccccn12)c1ccccn1. The van der Waals surface area contributed by atoms with Gasteiger partial charge in [-0.05, 0) is 24.3 Å². The second-order valence-electron chi connectivity index (χ2n) is 4.09. The first-order valence-corrected chi connectivity index (χ1v) is 5.75. The smallest absolute Gasteiger partial charge is 0.160 e. The summed E-state index contributed by atoms with van der Waals surface area (Å²) in [6.45, 7) is 0.669.